The average molecular weight is 705 g/mol. The minimum atomic E-state index is -4.71. The fourth-order valence-electron chi connectivity index (χ4n) is 5.10. The van der Waals surface area contributed by atoms with Gasteiger partial charge in [0, 0.05) is 35.1 Å². The van der Waals surface area contributed by atoms with Crippen molar-refractivity contribution in [3.63, 3.8) is 0 Å². The van der Waals surface area contributed by atoms with Crippen molar-refractivity contribution in [2.75, 3.05) is 45.3 Å². The van der Waals surface area contributed by atoms with E-state index in [1.807, 2.05) is 11.8 Å². The smallest absolute Gasteiger partial charge is 0.442 e. The lowest BCUT2D eigenvalue weighted by Gasteiger charge is -2.20. The Hall–Kier alpha value is -3.35. The van der Waals surface area contributed by atoms with E-state index in [-0.39, 0.29) is 68.4 Å². The Morgan fingerprint density at radius 2 is 1.77 bits per heavy atom. The number of hydroxylamine groups is 1. The maximum absolute atomic E-state index is 13.6. The van der Waals surface area contributed by atoms with Crippen molar-refractivity contribution in [1.82, 2.24) is 21.4 Å². The zero-order chi connectivity index (χ0) is 34.8. The minimum absolute atomic E-state index is 0.00546. The highest BCUT2D eigenvalue weighted by atomic mass is 32.2. The summed E-state index contributed by atoms with van der Waals surface area (Å²) in [5.74, 6) is 0.958. The highest BCUT2D eigenvalue weighted by Crippen LogP contribution is 2.53. The third-order valence-electron chi connectivity index (χ3n) is 7.45. The number of amides is 4. The molecule has 2 fully saturated rings. The van der Waals surface area contributed by atoms with Crippen LogP contribution in [-0.2, 0) is 36.1 Å². The Kier molecular flexibility index (Phi) is 13.2. The SMILES string of the molecule is CC(C)(C)OC(=O)NOCc1ccc(C2(C(F)(F)F)N=N2)cc1OCCOCCOCCNC(=O)CCCCC1SCC2NC(=O)NC21. The van der Waals surface area contributed by atoms with Gasteiger partial charge in [0.15, 0.2) is 0 Å². The third kappa shape index (κ3) is 11.1. The molecule has 18 heteroatoms. The molecule has 0 aliphatic carbocycles. The van der Waals surface area contributed by atoms with Crippen LogP contribution in [-0.4, -0.2) is 92.5 Å². The number of nitrogens with one attached hydrogen (secondary N) is 4. The minimum Gasteiger partial charge on any atom is -0.491 e. The fraction of sp³-hybridized carbons (Fsp3) is 0.700. The molecule has 1 aromatic rings. The first-order chi connectivity index (χ1) is 22.8. The summed E-state index contributed by atoms with van der Waals surface area (Å²) in [6.45, 7) is 6.13. The number of nitrogens with zero attached hydrogens (tertiary/aromatic N) is 2. The van der Waals surface area contributed by atoms with Crippen molar-refractivity contribution in [3.05, 3.63) is 29.3 Å². The van der Waals surface area contributed by atoms with Crippen LogP contribution in [0.15, 0.2) is 28.4 Å². The van der Waals surface area contributed by atoms with E-state index in [2.05, 4.69) is 31.7 Å². The van der Waals surface area contributed by atoms with Crippen LogP contribution in [0.4, 0.5) is 22.8 Å². The molecule has 0 radical (unpaired) electrons. The molecule has 4 rings (SSSR count). The number of ether oxygens (including phenoxy) is 4. The first kappa shape index (κ1) is 37.5. The molecule has 3 unspecified atom stereocenters. The maximum atomic E-state index is 13.6. The van der Waals surface area contributed by atoms with Crippen LogP contribution in [0.5, 0.6) is 5.75 Å². The number of carbonyl (C=O) groups excluding carboxylic acids is 3. The largest absolute Gasteiger partial charge is 0.491 e. The van der Waals surface area contributed by atoms with Crippen molar-refractivity contribution in [2.45, 2.75) is 87.8 Å². The van der Waals surface area contributed by atoms with Crippen molar-refractivity contribution >= 4 is 29.8 Å². The van der Waals surface area contributed by atoms with Gasteiger partial charge in [-0.05, 0) is 39.7 Å². The van der Waals surface area contributed by atoms with E-state index in [0.29, 0.717) is 30.4 Å². The lowest BCUT2D eigenvalue weighted by atomic mass is 10.0. The maximum Gasteiger partial charge on any atom is 0.442 e. The van der Waals surface area contributed by atoms with Crippen LogP contribution in [0, 0.1) is 0 Å². The molecule has 0 bridgehead atoms. The number of fused-ring (bicyclic) bond motifs is 1. The zero-order valence-corrected chi connectivity index (χ0v) is 28.0. The molecular formula is C30H43F3N6O8S. The Morgan fingerprint density at radius 3 is 2.48 bits per heavy atom. The first-order valence-corrected chi connectivity index (χ1v) is 16.8. The third-order valence-corrected chi connectivity index (χ3v) is 8.96. The number of urea groups is 1. The highest BCUT2D eigenvalue weighted by Gasteiger charge is 2.65. The molecule has 2 saturated heterocycles. The van der Waals surface area contributed by atoms with Crippen LogP contribution >= 0.6 is 11.8 Å². The molecule has 268 valence electrons. The van der Waals surface area contributed by atoms with E-state index in [1.165, 1.54) is 18.2 Å². The van der Waals surface area contributed by atoms with Gasteiger partial charge in [-0.3, -0.25) is 9.63 Å². The molecule has 3 aliphatic rings. The molecule has 4 amide bonds. The molecule has 1 aromatic carbocycles. The fourth-order valence-corrected chi connectivity index (χ4v) is 6.64. The number of thioether (sulfide) groups is 1. The van der Waals surface area contributed by atoms with Crippen molar-refractivity contribution in [1.29, 1.82) is 0 Å². The van der Waals surface area contributed by atoms with E-state index in [1.54, 1.807) is 20.8 Å². The summed E-state index contributed by atoms with van der Waals surface area (Å²) >= 11 is 1.86. The monoisotopic (exact) mass is 704 g/mol. The number of rotatable bonds is 19. The number of hydrogen-bond donors (Lipinski definition) is 4. The number of halogens is 3. The molecule has 3 atom stereocenters. The van der Waals surface area contributed by atoms with E-state index in [0.717, 1.165) is 25.0 Å². The number of unbranched alkanes of at least 4 members (excludes halogenated alkanes) is 1. The highest BCUT2D eigenvalue weighted by molar-refractivity contribution is 8.00. The van der Waals surface area contributed by atoms with Gasteiger partial charge in [0.1, 0.15) is 24.6 Å². The molecule has 0 saturated carbocycles. The predicted octanol–water partition coefficient (Wildman–Crippen LogP) is 4.08. The summed E-state index contributed by atoms with van der Waals surface area (Å²) in [6.07, 6.45) is -2.47. The quantitative estimate of drug-likeness (QED) is 0.0942. The summed E-state index contributed by atoms with van der Waals surface area (Å²) in [4.78, 5) is 40.6. The molecule has 3 aliphatic heterocycles. The normalized spacial score (nSPS) is 20.9. The summed E-state index contributed by atoms with van der Waals surface area (Å²) in [6, 6.07) is 4.07. The van der Waals surface area contributed by atoms with E-state index >= 15 is 0 Å². The summed E-state index contributed by atoms with van der Waals surface area (Å²) < 4.78 is 62.5. The first-order valence-electron chi connectivity index (χ1n) is 15.8. The Bertz CT molecular complexity index is 1290. The second kappa shape index (κ2) is 16.8. The topological polar surface area (TPSA) is 170 Å². The van der Waals surface area contributed by atoms with Crippen LogP contribution in [0.2, 0.25) is 0 Å². The van der Waals surface area contributed by atoms with Crippen LogP contribution in [0.25, 0.3) is 0 Å². The van der Waals surface area contributed by atoms with Gasteiger partial charge in [-0.2, -0.15) is 30.4 Å². The van der Waals surface area contributed by atoms with Gasteiger partial charge in [0.25, 0.3) is 0 Å². The molecule has 14 nitrogen and oxygen atoms in total. The zero-order valence-electron chi connectivity index (χ0n) is 27.2. The predicted molar refractivity (Wildman–Crippen MR) is 167 cm³/mol. The molecule has 3 heterocycles. The molecular weight excluding hydrogens is 661 g/mol. The molecule has 48 heavy (non-hydrogen) atoms. The van der Waals surface area contributed by atoms with Gasteiger partial charge in [-0.25, -0.2) is 9.59 Å². The second-order valence-electron chi connectivity index (χ2n) is 12.4. The van der Waals surface area contributed by atoms with E-state index in [4.69, 9.17) is 23.8 Å². The summed E-state index contributed by atoms with van der Waals surface area (Å²) in [5.41, 5.74) is -1.10. The van der Waals surface area contributed by atoms with Gasteiger partial charge < -0.3 is 34.9 Å². The lowest BCUT2D eigenvalue weighted by molar-refractivity contribution is -0.166. The Labute approximate surface area is 280 Å². The summed E-state index contributed by atoms with van der Waals surface area (Å²) in [5, 5.41) is 15.6. The number of hydrogen-bond acceptors (Lipinski definition) is 11. The molecule has 4 N–H and O–H groups in total. The number of benzene rings is 1. The van der Waals surface area contributed by atoms with Gasteiger partial charge >= 0.3 is 24.0 Å². The summed E-state index contributed by atoms with van der Waals surface area (Å²) in [7, 11) is 0. The number of alkyl halides is 3. The molecule has 0 spiro atoms. The second-order valence-corrected chi connectivity index (χ2v) is 13.6. The van der Waals surface area contributed by atoms with E-state index in [9.17, 15) is 27.6 Å². The van der Waals surface area contributed by atoms with Crippen molar-refractivity contribution < 1.29 is 51.3 Å². The lowest BCUT2D eigenvalue weighted by Crippen LogP contribution is -2.36. The van der Waals surface area contributed by atoms with Crippen LogP contribution in [0.3, 0.4) is 0 Å². The number of carbonyl (C=O) groups is 3. The van der Waals surface area contributed by atoms with E-state index < -0.39 is 23.5 Å². The van der Waals surface area contributed by atoms with Crippen LogP contribution in [0.1, 0.15) is 57.6 Å². The van der Waals surface area contributed by atoms with Crippen molar-refractivity contribution in [3.8, 4) is 5.75 Å². The standard InChI is InChI=1S/C30H43F3N6O8S/c1-28(2,3)47-27(42)37-46-17-19-8-9-20(29(38-39-29)30(31,32)33)16-22(19)45-15-14-44-13-12-43-11-10-34-24(40)7-5-4-6-23-25-21(18-48-23)35-26(41)36-25/h8-9,16,21,23,25H,4-7,10-15,17-18H2,1-3H3,(H,34,40)(H,37,42)(H2,35,36,41). The van der Waals surface area contributed by atoms with Gasteiger partial charge in [0.2, 0.25) is 5.91 Å². The van der Waals surface area contributed by atoms with Crippen molar-refractivity contribution in [2.24, 2.45) is 10.2 Å². The van der Waals surface area contributed by atoms with Crippen LogP contribution < -0.4 is 26.2 Å². The average Bonchev–Trinajstić information content (AvgIpc) is 3.64. The van der Waals surface area contributed by atoms with Gasteiger partial charge in [0.05, 0.1) is 38.5 Å². The van der Waals surface area contributed by atoms with Gasteiger partial charge in [-0.15, -0.1) is 10.2 Å². The Morgan fingerprint density at radius 1 is 1.04 bits per heavy atom. The molecule has 0 aromatic heterocycles. The van der Waals surface area contributed by atoms with Gasteiger partial charge in [-0.1, -0.05) is 18.6 Å². The Balaban J connectivity index is 1.07.